The van der Waals surface area contributed by atoms with Crippen LogP contribution in [0.2, 0.25) is 0 Å². The molecule has 0 saturated carbocycles. The Morgan fingerprint density at radius 3 is 1.79 bits per heavy atom. The predicted octanol–water partition coefficient (Wildman–Crippen LogP) is 7.16. The van der Waals surface area contributed by atoms with Crippen LogP contribution in [-0.2, 0) is 10.8 Å². The first-order valence-corrected chi connectivity index (χ1v) is 10.1. The van der Waals surface area contributed by atoms with E-state index in [2.05, 4.69) is 53.7 Å². The number of aliphatic imine (C=N–C) groups is 1. The first-order chi connectivity index (χ1) is 13.6. The zero-order valence-corrected chi connectivity index (χ0v) is 18.3. The SMILES string of the molecule is CC(C)(C)c1cc(C(=Nc2ccccc2)c2ccccc2)c(O)c(C(C)(C)C)c1. The number of phenolic OH excluding ortho intramolecular Hbond substituents is 1. The highest BCUT2D eigenvalue weighted by atomic mass is 16.3. The van der Waals surface area contributed by atoms with E-state index < -0.39 is 0 Å². The molecule has 0 fully saturated rings. The highest BCUT2D eigenvalue weighted by molar-refractivity contribution is 6.15. The Bertz CT molecular complexity index is 1000. The van der Waals surface area contributed by atoms with Crippen LogP contribution in [-0.4, -0.2) is 10.8 Å². The summed E-state index contributed by atoms with van der Waals surface area (Å²) in [6, 6.07) is 24.2. The summed E-state index contributed by atoms with van der Waals surface area (Å²) in [4.78, 5) is 4.96. The maximum absolute atomic E-state index is 11.3. The summed E-state index contributed by atoms with van der Waals surface area (Å²) in [5.41, 5.74) is 5.31. The molecule has 0 bridgehead atoms. The van der Waals surface area contributed by atoms with Gasteiger partial charge in [0.2, 0.25) is 0 Å². The Morgan fingerprint density at radius 2 is 1.28 bits per heavy atom. The summed E-state index contributed by atoms with van der Waals surface area (Å²) in [5.74, 6) is 0.309. The van der Waals surface area contributed by atoms with Crippen molar-refractivity contribution in [2.45, 2.75) is 52.4 Å². The molecule has 3 aromatic carbocycles. The third kappa shape index (κ3) is 4.76. The molecule has 0 atom stereocenters. The van der Waals surface area contributed by atoms with Gasteiger partial charge in [-0.2, -0.15) is 0 Å². The molecule has 2 nitrogen and oxygen atoms in total. The van der Waals surface area contributed by atoms with Gasteiger partial charge in [0.15, 0.2) is 0 Å². The zero-order valence-electron chi connectivity index (χ0n) is 18.3. The summed E-state index contributed by atoms with van der Waals surface area (Å²) in [7, 11) is 0. The van der Waals surface area contributed by atoms with Gasteiger partial charge in [0, 0.05) is 16.7 Å². The Morgan fingerprint density at radius 1 is 0.724 bits per heavy atom. The van der Waals surface area contributed by atoms with Crippen molar-refractivity contribution in [3.8, 4) is 5.75 Å². The van der Waals surface area contributed by atoms with Crippen LogP contribution < -0.4 is 0 Å². The minimum atomic E-state index is -0.186. The molecule has 0 aliphatic carbocycles. The third-order valence-electron chi connectivity index (χ3n) is 5.08. The van der Waals surface area contributed by atoms with Crippen LogP contribution in [0.15, 0.2) is 77.8 Å². The number of para-hydroxylation sites is 1. The predicted molar refractivity (Wildman–Crippen MR) is 124 cm³/mol. The van der Waals surface area contributed by atoms with Crippen molar-refractivity contribution in [2.75, 3.05) is 0 Å². The molecule has 0 radical (unpaired) electrons. The Hall–Kier alpha value is -2.87. The average molecular weight is 386 g/mol. The lowest BCUT2D eigenvalue weighted by atomic mass is 9.78. The van der Waals surface area contributed by atoms with E-state index in [0.717, 1.165) is 28.1 Å². The molecular weight excluding hydrogens is 354 g/mol. The van der Waals surface area contributed by atoms with Crippen LogP contribution in [0.1, 0.15) is 63.8 Å². The second-order valence-corrected chi connectivity index (χ2v) is 9.58. The first kappa shape index (κ1) is 20.9. The molecule has 0 aliphatic heterocycles. The van der Waals surface area contributed by atoms with Gasteiger partial charge in [0.05, 0.1) is 11.4 Å². The molecule has 0 aromatic heterocycles. The van der Waals surface area contributed by atoms with E-state index >= 15 is 0 Å². The third-order valence-corrected chi connectivity index (χ3v) is 5.08. The summed E-state index contributed by atoms with van der Waals surface area (Å²) in [6.07, 6.45) is 0. The summed E-state index contributed by atoms with van der Waals surface area (Å²) >= 11 is 0. The second kappa shape index (κ2) is 7.87. The van der Waals surface area contributed by atoms with E-state index in [-0.39, 0.29) is 10.8 Å². The van der Waals surface area contributed by atoms with E-state index in [1.54, 1.807) is 0 Å². The summed E-state index contributed by atoms with van der Waals surface area (Å²) in [5, 5.41) is 11.3. The van der Waals surface area contributed by atoms with Gasteiger partial charge in [0.1, 0.15) is 5.75 Å². The van der Waals surface area contributed by atoms with Crippen molar-refractivity contribution < 1.29 is 5.11 Å². The number of hydrogen-bond donors (Lipinski definition) is 1. The fourth-order valence-electron chi connectivity index (χ4n) is 3.33. The second-order valence-electron chi connectivity index (χ2n) is 9.58. The summed E-state index contributed by atoms with van der Waals surface area (Å²) < 4.78 is 0. The monoisotopic (exact) mass is 385 g/mol. The molecule has 0 saturated heterocycles. The normalized spacial score (nSPS) is 12.8. The number of rotatable bonds is 3. The van der Waals surface area contributed by atoms with Gasteiger partial charge in [-0.05, 0) is 34.6 Å². The number of hydrogen-bond acceptors (Lipinski definition) is 2. The van der Waals surface area contributed by atoms with Gasteiger partial charge < -0.3 is 5.11 Å². The first-order valence-electron chi connectivity index (χ1n) is 10.1. The Kier molecular flexibility index (Phi) is 5.66. The number of nitrogens with zero attached hydrogens (tertiary/aromatic N) is 1. The van der Waals surface area contributed by atoms with Gasteiger partial charge in [-0.3, -0.25) is 0 Å². The molecule has 0 aliphatic rings. The molecule has 2 heteroatoms. The topological polar surface area (TPSA) is 32.6 Å². The van der Waals surface area contributed by atoms with Crippen molar-refractivity contribution in [3.63, 3.8) is 0 Å². The summed E-state index contributed by atoms with van der Waals surface area (Å²) in [6.45, 7) is 13.0. The molecule has 0 unspecified atom stereocenters. The van der Waals surface area contributed by atoms with E-state index in [1.165, 1.54) is 5.56 Å². The lowest BCUT2D eigenvalue weighted by Crippen LogP contribution is -2.19. The molecule has 0 heterocycles. The van der Waals surface area contributed by atoms with Gasteiger partial charge >= 0.3 is 0 Å². The van der Waals surface area contributed by atoms with Crippen LogP contribution in [0.5, 0.6) is 5.75 Å². The molecule has 0 amide bonds. The van der Waals surface area contributed by atoms with E-state index in [1.807, 2.05) is 60.7 Å². The highest BCUT2D eigenvalue weighted by Crippen LogP contribution is 2.39. The molecule has 1 N–H and O–H groups in total. The van der Waals surface area contributed by atoms with Crippen LogP contribution in [0.3, 0.4) is 0 Å². The van der Waals surface area contributed by atoms with E-state index in [0.29, 0.717) is 5.75 Å². The molecule has 3 rings (SSSR count). The largest absolute Gasteiger partial charge is 0.507 e. The van der Waals surface area contributed by atoms with Gasteiger partial charge in [-0.15, -0.1) is 0 Å². The van der Waals surface area contributed by atoms with Gasteiger partial charge in [0.25, 0.3) is 0 Å². The quantitative estimate of drug-likeness (QED) is 0.477. The van der Waals surface area contributed by atoms with Crippen molar-refractivity contribution in [3.05, 3.63) is 95.1 Å². The van der Waals surface area contributed by atoms with Crippen molar-refractivity contribution in [2.24, 2.45) is 4.99 Å². The fourth-order valence-corrected chi connectivity index (χ4v) is 3.33. The van der Waals surface area contributed by atoms with Gasteiger partial charge in [-0.25, -0.2) is 4.99 Å². The van der Waals surface area contributed by atoms with Crippen molar-refractivity contribution >= 4 is 11.4 Å². The lowest BCUT2D eigenvalue weighted by Gasteiger charge is -2.28. The maximum atomic E-state index is 11.3. The van der Waals surface area contributed by atoms with E-state index in [9.17, 15) is 5.11 Å². The smallest absolute Gasteiger partial charge is 0.128 e. The Labute approximate surface area is 175 Å². The number of aromatic hydroxyl groups is 1. The Balaban J connectivity index is 2.35. The van der Waals surface area contributed by atoms with Crippen molar-refractivity contribution in [1.82, 2.24) is 0 Å². The van der Waals surface area contributed by atoms with Crippen LogP contribution in [0, 0.1) is 0 Å². The maximum Gasteiger partial charge on any atom is 0.128 e. The van der Waals surface area contributed by atoms with Crippen LogP contribution >= 0.6 is 0 Å². The average Bonchev–Trinajstić information content (AvgIpc) is 2.66. The molecule has 0 spiro atoms. The lowest BCUT2D eigenvalue weighted by molar-refractivity contribution is 0.443. The minimum absolute atomic E-state index is 0.0446. The number of phenols is 1. The van der Waals surface area contributed by atoms with Crippen LogP contribution in [0.25, 0.3) is 0 Å². The molecular formula is C27H31NO. The molecule has 3 aromatic rings. The number of benzene rings is 3. The highest BCUT2D eigenvalue weighted by Gasteiger charge is 2.27. The molecule has 150 valence electrons. The molecule has 29 heavy (non-hydrogen) atoms. The standard InChI is InChI=1S/C27H31NO/c1-26(2,3)20-17-22(25(29)23(18-20)27(4,5)6)24(19-13-9-7-10-14-19)28-21-15-11-8-12-16-21/h7-18,29H,1-6H3. The van der Waals surface area contributed by atoms with Crippen molar-refractivity contribution in [1.29, 1.82) is 0 Å². The fraction of sp³-hybridized carbons (Fsp3) is 0.296. The van der Waals surface area contributed by atoms with Crippen LogP contribution in [0.4, 0.5) is 5.69 Å². The zero-order chi connectivity index (χ0) is 21.2. The van der Waals surface area contributed by atoms with Gasteiger partial charge in [-0.1, -0.05) is 96.1 Å². The van der Waals surface area contributed by atoms with E-state index in [4.69, 9.17) is 4.99 Å². The minimum Gasteiger partial charge on any atom is -0.507 e.